The van der Waals surface area contributed by atoms with Gasteiger partial charge in [-0.2, -0.15) is 0 Å². The molecule has 65 heavy (non-hydrogen) atoms. The fourth-order valence-corrected chi connectivity index (χ4v) is 8.16. The number of aryl methyl sites for hydroxylation is 1. The number of halogens is 1. The number of amides is 5. The number of likely N-dealkylation sites (tertiary alicyclic amines) is 1. The lowest BCUT2D eigenvalue weighted by molar-refractivity contribution is -0.144. The molecule has 17 heteroatoms. The molecule has 1 aliphatic rings. The minimum atomic E-state index is -0.936. The SMILES string of the molecule is Cc1ncsc1-c1ccc(CNC(=O)C2CC(O)CN2C(=O)C(NC(=O)COCCCCCCCCCOCC(=O)Nc2ccc(C(=O)Nc3ccc(F)cc3N)cc2)C(C)(C)C)cc1. The molecular weight excluding hydrogens is 854 g/mol. The molecule has 0 radical (unpaired) electrons. The molecule has 0 aliphatic carbocycles. The smallest absolute Gasteiger partial charge is 0.255 e. The van der Waals surface area contributed by atoms with E-state index in [9.17, 15) is 33.5 Å². The number of aromatic nitrogens is 1. The van der Waals surface area contributed by atoms with E-state index in [0.29, 0.717) is 30.2 Å². The topological polar surface area (TPSA) is 214 Å². The Morgan fingerprint density at radius 1 is 0.877 bits per heavy atom. The van der Waals surface area contributed by atoms with Crippen LogP contribution in [0, 0.1) is 18.2 Å². The Morgan fingerprint density at radius 3 is 2.11 bits per heavy atom. The lowest BCUT2D eigenvalue weighted by Gasteiger charge is -2.35. The van der Waals surface area contributed by atoms with Crippen LogP contribution in [0.3, 0.4) is 0 Å². The van der Waals surface area contributed by atoms with Gasteiger partial charge >= 0.3 is 0 Å². The molecule has 1 fully saturated rings. The van der Waals surface area contributed by atoms with E-state index in [1.807, 2.05) is 57.5 Å². The highest BCUT2D eigenvalue weighted by atomic mass is 32.1. The number of benzene rings is 3. The van der Waals surface area contributed by atoms with Crippen LogP contribution < -0.4 is 27.0 Å². The third kappa shape index (κ3) is 15.7. The number of nitrogens with two attached hydrogens (primary N) is 1. The van der Waals surface area contributed by atoms with Crippen LogP contribution in [0.4, 0.5) is 21.5 Å². The van der Waals surface area contributed by atoms with Crippen molar-refractivity contribution in [2.75, 3.05) is 49.3 Å². The highest BCUT2D eigenvalue weighted by Crippen LogP contribution is 2.29. The Bertz CT molecular complexity index is 2210. The van der Waals surface area contributed by atoms with Crippen LogP contribution in [-0.4, -0.2) is 95.7 Å². The maximum atomic E-state index is 13.9. The van der Waals surface area contributed by atoms with Crippen LogP contribution in [0.15, 0.2) is 72.2 Å². The average molecular weight is 916 g/mol. The number of hydrogen-bond acceptors (Lipinski definition) is 11. The van der Waals surface area contributed by atoms with E-state index in [1.165, 1.54) is 17.0 Å². The second kappa shape index (κ2) is 24.5. The molecule has 15 nitrogen and oxygen atoms in total. The van der Waals surface area contributed by atoms with Gasteiger partial charge in [0.25, 0.3) is 5.91 Å². The quantitative estimate of drug-likeness (QED) is 0.0346. The Balaban J connectivity index is 0.898. The molecule has 350 valence electrons. The van der Waals surface area contributed by atoms with E-state index in [1.54, 1.807) is 35.6 Å². The molecule has 1 saturated heterocycles. The fourth-order valence-electron chi connectivity index (χ4n) is 7.35. The van der Waals surface area contributed by atoms with Crippen LogP contribution in [0.5, 0.6) is 0 Å². The number of rotatable bonds is 23. The first-order valence-electron chi connectivity index (χ1n) is 22.1. The molecule has 0 saturated carbocycles. The molecule has 0 bridgehead atoms. The molecule has 3 aromatic carbocycles. The summed E-state index contributed by atoms with van der Waals surface area (Å²) in [6.07, 6.45) is 5.82. The fraction of sp³-hybridized carbons (Fsp3) is 0.458. The average Bonchev–Trinajstić information content (AvgIpc) is 3.89. The van der Waals surface area contributed by atoms with Gasteiger partial charge in [0.05, 0.1) is 33.6 Å². The first-order valence-corrected chi connectivity index (χ1v) is 22.9. The number of nitrogens with one attached hydrogen (secondary N) is 4. The van der Waals surface area contributed by atoms with Gasteiger partial charge in [0.15, 0.2) is 0 Å². The lowest BCUT2D eigenvalue weighted by Crippen LogP contribution is -2.58. The molecule has 2 heterocycles. The second-order valence-electron chi connectivity index (χ2n) is 17.3. The molecule has 3 unspecified atom stereocenters. The van der Waals surface area contributed by atoms with Crippen molar-refractivity contribution in [1.29, 1.82) is 0 Å². The lowest BCUT2D eigenvalue weighted by atomic mass is 9.85. The van der Waals surface area contributed by atoms with E-state index in [2.05, 4.69) is 26.3 Å². The number of β-amino-alcohol motifs (C(OH)–C–C–N with tert-alkyl or cyclic N) is 1. The van der Waals surface area contributed by atoms with Crippen molar-refractivity contribution in [3.8, 4) is 10.4 Å². The van der Waals surface area contributed by atoms with Crippen LogP contribution in [0.2, 0.25) is 0 Å². The van der Waals surface area contributed by atoms with E-state index in [0.717, 1.165) is 72.7 Å². The number of thiazole rings is 1. The molecular formula is C48H62FN7O8S. The number of nitrogen functional groups attached to an aromatic ring is 1. The molecule has 4 aromatic rings. The van der Waals surface area contributed by atoms with Crippen LogP contribution in [0.25, 0.3) is 10.4 Å². The summed E-state index contributed by atoms with van der Waals surface area (Å²) < 4.78 is 24.5. The molecule has 3 atom stereocenters. The highest BCUT2D eigenvalue weighted by Gasteiger charge is 2.44. The van der Waals surface area contributed by atoms with Gasteiger partial charge in [-0.05, 0) is 78.8 Å². The van der Waals surface area contributed by atoms with Gasteiger partial charge in [0, 0.05) is 44.0 Å². The summed E-state index contributed by atoms with van der Waals surface area (Å²) in [5.41, 5.74) is 11.1. The number of carbonyl (C=O) groups excluding carboxylic acids is 5. The monoisotopic (exact) mass is 915 g/mol. The summed E-state index contributed by atoms with van der Waals surface area (Å²) in [5, 5.41) is 21.7. The Labute approximate surface area is 384 Å². The summed E-state index contributed by atoms with van der Waals surface area (Å²) in [6, 6.07) is 16.1. The minimum absolute atomic E-state index is 0.00570. The zero-order valence-electron chi connectivity index (χ0n) is 37.6. The van der Waals surface area contributed by atoms with Gasteiger partial charge in [-0.25, -0.2) is 9.37 Å². The van der Waals surface area contributed by atoms with E-state index in [-0.39, 0.29) is 50.2 Å². The number of aliphatic hydroxyl groups excluding tert-OH is 1. The Kier molecular flexibility index (Phi) is 19.0. The molecule has 5 amide bonds. The van der Waals surface area contributed by atoms with Crippen LogP contribution in [0.1, 0.15) is 93.8 Å². The van der Waals surface area contributed by atoms with Gasteiger partial charge in [0.1, 0.15) is 31.1 Å². The van der Waals surface area contributed by atoms with Gasteiger partial charge in [0.2, 0.25) is 23.6 Å². The summed E-state index contributed by atoms with van der Waals surface area (Å²) in [7, 11) is 0. The van der Waals surface area contributed by atoms with Gasteiger partial charge < -0.3 is 46.5 Å². The highest BCUT2D eigenvalue weighted by molar-refractivity contribution is 7.13. The standard InChI is InChI=1S/C48H62FN7O8S/c1-31-43(65-30-52-31)33-14-12-32(13-15-33)26-51-46(61)40-25-37(57)27-56(40)47(62)44(48(2,3)4)55-42(59)29-64-23-11-9-7-5-6-8-10-22-63-28-41(58)53-36-19-16-34(17-20-36)45(60)54-39-21-18-35(49)24-38(39)50/h12-21,24,30,37,40,44,57H,5-11,22-23,25-29,50H2,1-4H3,(H,51,61)(H,53,58)(H,54,60)(H,55,59). The van der Waals surface area contributed by atoms with E-state index >= 15 is 0 Å². The van der Waals surface area contributed by atoms with Crippen LogP contribution in [-0.2, 0) is 35.2 Å². The van der Waals surface area contributed by atoms with Crippen molar-refractivity contribution in [2.45, 2.75) is 104 Å². The van der Waals surface area contributed by atoms with Crippen molar-refractivity contribution in [1.82, 2.24) is 20.5 Å². The number of carbonyl (C=O) groups is 5. The number of unbranched alkanes of at least 4 members (excludes halogenated alkanes) is 6. The van der Waals surface area contributed by atoms with Crippen molar-refractivity contribution < 1.29 is 42.9 Å². The normalized spacial score (nSPS) is 15.3. The first-order chi connectivity index (χ1) is 31.1. The van der Waals surface area contributed by atoms with E-state index in [4.69, 9.17) is 15.2 Å². The number of anilines is 3. The predicted octanol–water partition coefficient (Wildman–Crippen LogP) is 6.60. The third-order valence-corrected chi connectivity index (χ3v) is 11.9. The third-order valence-electron chi connectivity index (χ3n) is 10.9. The van der Waals surface area contributed by atoms with E-state index < -0.39 is 47.1 Å². The molecule has 1 aromatic heterocycles. The maximum absolute atomic E-state index is 13.9. The molecule has 1 aliphatic heterocycles. The molecule has 0 spiro atoms. The largest absolute Gasteiger partial charge is 0.397 e. The maximum Gasteiger partial charge on any atom is 0.255 e. The Morgan fingerprint density at radius 2 is 1.51 bits per heavy atom. The van der Waals surface area contributed by atoms with Crippen LogP contribution >= 0.6 is 11.3 Å². The molecule has 5 rings (SSSR count). The summed E-state index contributed by atoms with van der Waals surface area (Å²) in [6.45, 7) is 8.31. The zero-order chi connectivity index (χ0) is 46.9. The zero-order valence-corrected chi connectivity index (χ0v) is 38.4. The first kappa shape index (κ1) is 50.3. The van der Waals surface area contributed by atoms with Crippen molar-refractivity contribution in [2.24, 2.45) is 5.41 Å². The van der Waals surface area contributed by atoms with Crippen molar-refractivity contribution in [3.63, 3.8) is 0 Å². The second-order valence-corrected chi connectivity index (χ2v) is 18.2. The number of ether oxygens (including phenoxy) is 2. The number of nitrogens with zero attached hydrogens (tertiary/aromatic N) is 2. The predicted molar refractivity (Wildman–Crippen MR) is 249 cm³/mol. The summed E-state index contributed by atoms with van der Waals surface area (Å²) in [4.78, 5) is 71.9. The molecule has 7 N–H and O–H groups in total. The summed E-state index contributed by atoms with van der Waals surface area (Å²) >= 11 is 1.57. The minimum Gasteiger partial charge on any atom is -0.397 e. The van der Waals surface area contributed by atoms with Crippen molar-refractivity contribution >= 4 is 57.9 Å². The van der Waals surface area contributed by atoms with Gasteiger partial charge in [-0.1, -0.05) is 77.1 Å². The van der Waals surface area contributed by atoms with Crippen molar-refractivity contribution in [3.05, 3.63) is 94.9 Å². The number of hydrogen-bond donors (Lipinski definition) is 6. The van der Waals surface area contributed by atoms with Gasteiger partial charge in [-0.3, -0.25) is 24.0 Å². The number of aliphatic hydroxyl groups is 1. The Hall–Kier alpha value is -5.75. The van der Waals surface area contributed by atoms with Gasteiger partial charge in [-0.15, -0.1) is 11.3 Å². The summed E-state index contributed by atoms with van der Waals surface area (Å²) in [5.74, 6) is -2.44.